The van der Waals surface area contributed by atoms with Gasteiger partial charge in [-0.1, -0.05) is 29.8 Å². The summed E-state index contributed by atoms with van der Waals surface area (Å²) in [6.45, 7) is 4.28. The van der Waals surface area contributed by atoms with E-state index in [0.717, 1.165) is 16.2 Å². The van der Waals surface area contributed by atoms with Gasteiger partial charge < -0.3 is 15.4 Å². The zero-order chi connectivity index (χ0) is 24.2. The molecule has 3 aromatic rings. The van der Waals surface area contributed by atoms with Gasteiger partial charge in [0.05, 0.1) is 12.3 Å². The average molecular weight is 476 g/mol. The van der Waals surface area contributed by atoms with Gasteiger partial charge in [0.2, 0.25) is 0 Å². The number of aryl methyl sites for hydroxylation is 1. The van der Waals surface area contributed by atoms with E-state index in [9.17, 15) is 14.4 Å². The van der Waals surface area contributed by atoms with Crippen molar-refractivity contribution in [3.63, 3.8) is 0 Å². The van der Waals surface area contributed by atoms with Crippen LogP contribution in [-0.2, 0) is 9.59 Å². The normalized spacial score (nSPS) is 13.3. The molecule has 172 valence electrons. The molecule has 0 atom stereocenters. The minimum atomic E-state index is -0.588. The number of nitrogens with one attached hydrogen (secondary N) is 2. The van der Waals surface area contributed by atoms with Gasteiger partial charge in [0.15, 0.2) is 0 Å². The standard InChI is InChI=1S/C26H22ClN3O4/c1-3-34-20-14-12-19(13-15-20)29-24(31)17-8-10-18(11-9-17)28-23-22(27)25(32)30(26(23)33)21-7-5-4-6-16(21)2/h4-15,28H,3H2,1-2H3,(H,29,31). The van der Waals surface area contributed by atoms with E-state index in [1.807, 2.05) is 26.0 Å². The first-order valence-corrected chi connectivity index (χ1v) is 11.0. The molecule has 1 heterocycles. The summed E-state index contributed by atoms with van der Waals surface area (Å²) in [7, 11) is 0. The number of ether oxygens (including phenoxy) is 1. The lowest BCUT2D eigenvalue weighted by Gasteiger charge is -2.17. The molecule has 0 unspecified atom stereocenters. The number of amides is 3. The Morgan fingerprint density at radius 1 is 0.912 bits per heavy atom. The number of benzene rings is 3. The third-order valence-corrected chi connectivity index (χ3v) is 5.57. The molecule has 0 saturated heterocycles. The molecule has 0 aliphatic carbocycles. The SMILES string of the molecule is CCOc1ccc(NC(=O)c2ccc(NC3=C(Cl)C(=O)N(c4ccccc4C)C3=O)cc2)cc1. The summed E-state index contributed by atoms with van der Waals surface area (Å²) in [4.78, 5) is 39.2. The Bertz CT molecular complexity index is 1280. The molecular weight excluding hydrogens is 454 g/mol. The maximum absolute atomic E-state index is 13.0. The van der Waals surface area contributed by atoms with Crippen molar-refractivity contribution in [1.82, 2.24) is 0 Å². The molecule has 7 nitrogen and oxygen atoms in total. The van der Waals surface area contributed by atoms with Gasteiger partial charge in [-0.3, -0.25) is 14.4 Å². The summed E-state index contributed by atoms with van der Waals surface area (Å²) >= 11 is 6.21. The number of nitrogens with zero attached hydrogens (tertiary/aromatic N) is 1. The lowest BCUT2D eigenvalue weighted by molar-refractivity contribution is -0.120. The molecule has 4 rings (SSSR count). The second-order valence-corrected chi connectivity index (χ2v) is 7.91. The van der Waals surface area contributed by atoms with E-state index in [1.54, 1.807) is 60.7 Å². The number of para-hydroxylation sites is 1. The van der Waals surface area contributed by atoms with Crippen molar-refractivity contribution in [3.05, 3.63) is 94.7 Å². The van der Waals surface area contributed by atoms with Crippen LogP contribution in [0, 0.1) is 6.92 Å². The van der Waals surface area contributed by atoms with Crippen LogP contribution in [0.2, 0.25) is 0 Å². The van der Waals surface area contributed by atoms with Crippen molar-refractivity contribution in [2.24, 2.45) is 0 Å². The average Bonchev–Trinajstić information content (AvgIpc) is 3.04. The fraction of sp³-hybridized carbons (Fsp3) is 0.115. The molecule has 34 heavy (non-hydrogen) atoms. The van der Waals surface area contributed by atoms with Gasteiger partial charge in [-0.15, -0.1) is 0 Å². The molecule has 0 aromatic heterocycles. The van der Waals surface area contributed by atoms with E-state index in [4.69, 9.17) is 16.3 Å². The van der Waals surface area contributed by atoms with Crippen LogP contribution >= 0.6 is 11.6 Å². The van der Waals surface area contributed by atoms with Gasteiger partial charge in [-0.25, -0.2) is 4.90 Å². The fourth-order valence-electron chi connectivity index (χ4n) is 3.50. The van der Waals surface area contributed by atoms with Gasteiger partial charge in [0.25, 0.3) is 17.7 Å². The zero-order valence-electron chi connectivity index (χ0n) is 18.6. The van der Waals surface area contributed by atoms with Crippen LogP contribution in [0.1, 0.15) is 22.8 Å². The molecule has 1 aliphatic heterocycles. The molecule has 0 radical (unpaired) electrons. The lowest BCUT2D eigenvalue weighted by atomic mass is 10.1. The summed E-state index contributed by atoms with van der Waals surface area (Å²) in [5.74, 6) is -0.688. The molecule has 0 saturated carbocycles. The van der Waals surface area contributed by atoms with Crippen molar-refractivity contribution in [3.8, 4) is 5.75 Å². The molecule has 3 aromatic carbocycles. The summed E-state index contributed by atoms with van der Waals surface area (Å²) in [6.07, 6.45) is 0. The van der Waals surface area contributed by atoms with Crippen LogP contribution in [-0.4, -0.2) is 24.3 Å². The number of anilines is 3. The Hall–Kier alpha value is -4.10. The highest BCUT2D eigenvalue weighted by Gasteiger charge is 2.39. The van der Waals surface area contributed by atoms with Crippen LogP contribution < -0.4 is 20.3 Å². The highest BCUT2D eigenvalue weighted by molar-refractivity contribution is 6.53. The number of carbonyl (C=O) groups excluding carboxylic acids is 3. The van der Waals surface area contributed by atoms with Gasteiger partial charge in [0.1, 0.15) is 16.5 Å². The van der Waals surface area contributed by atoms with Crippen molar-refractivity contribution in [2.45, 2.75) is 13.8 Å². The van der Waals surface area contributed by atoms with Crippen LogP contribution in [0.25, 0.3) is 0 Å². The minimum absolute atomic E-state index is 0.0125. The first-order chi connectivity index (χ1) is 16.4. The molecular formula is C26H22ClN3O4. The molecule has 8 heteroatoms. The summed E-state index contributed by atoms with van der Waals surface area (Å²) in [5.41, 5.74) is 2.82. The molecule has 2 N–H and O–H groups in total. The van der Waals surface area contributed by atoms with E-state index >= 15 is 0 Å². The van der Waals surface area contributed by atoms with Crippen LogP contribution in [0.15, 0.2) is 83.5 Å². The Kier molecular flexibility index (Phi) is 6.65. The van der Waals surface area contributed by atoms with Gasteiger partial charge in [-0.05, 0) is 74.0 Å². The minimum Gasteiger partial charge on any atom is -0.494 e. The predicted octanol–water partition coefficient (Wildman–Crippen LogP) is 5.08. The second kappa shape index (κ2) is 9.80. The third-order valence-electron chi connectivity index (χ3n) is 5.22. The molecule has 0 spiro atoms. The molecule has 0 fully saturated rings. The molecule has 3 amide bonds. The molecule has 0 bridgehead atoms. The first kappa shape index (κ1) is 23.1. The first-order valence-electron chi connectivity index (χ1n) is 10.6. The summed E-state index contributed by atoms with van der Waals surface area (Å²) < 4.78 is 5.40. The van der Waals surface area contributed by atoms with E-state index in [1.165, 1.54) is 0 Å². The smallest absolute Gasteiger partial charge is 0.283 e. The maximum atomic E-state index is 13.0. The van der Waals surface area contributed by atoms with Crippen LogP contribution in [0.3, 0.4) is 0 Å². The van der Waals surface area contributed by atoms with E-state index in [2.05, 4.69) is 10.6 Å². The van der Waals surface area contributed by atoms with Gasteiger partial charge in [-0.2, -0.15) is 0 Å². The highest BCUT2D eigenvalue weighted by atomic mass is 35.5. The summed E-state index contributed by atoms with van der Waals surface area (Å²) in [6, 6.07) is 20.7. The maximum Gasteiger partial charge on any atom is 0.283 e. The Morgan fingerprint density at radius 2 is 1.56 bits per heavy atom. The number of carbonyl (C=O) groups is 3. The van der Waals surface area contributed by atoms with E-state index in [0.29, 0.717) is 29.2 Å². The second-order valence-electron chi connectivity index (χ2n) is 7.54. The van der Waals surface area contributed by atoms with Crippen LogP contribution in [0.4, 0.5) is 17.1 Å². The number of imide groups is 1. The topological polar surface area (TPSA) is 87.7 Å². The third kappa shape index (κ3) is 4.65. The van der Waals surface area contributed by atoms with Crippen molar-refractivity contribution in [1.29, 1.82) is 0 Å². The Balaban J connectivity index is 1.45. The number of hydrogen-bond acceptors (Lipinski definition) is 5. The summed E-state index contributed by atoms with van der Waals surface area (Å²) in [5, 5.41) is 5.54. The number of hydrogen-bond donors (Lipinski definition) is 2. The largest absolute Gasteiger partial charge is 0.494 e. The number of halogens is 1. The number of rotatable bonds is 7. The highest BCUT2D eigenvalue weighted by Crippen LogP contribution is 2.31. The predicted molar refractivity (Wildman–Crippen MR) is 132 cm³/mol. The van der Waals surface area contributed by atoms with E-state index < -0.39 is 11.8 Å². The monoisotopic (exact) mass is 475 g/mol. The Morgan fingerprint density at radius 3 is 2.21 bits per heavy atom. The zero-order valence-corrected chi connectivity index (χ0v) is 19.3. The van der Waals surface area contributed by atoms with Crippen molar-refractivity contribution in [2.75, 3.05) is 22.1 Å². The van der Waals surface area contributed by atoms with Crippen LogP contribution in [0.5, 0.6) is 5.75 Å². The fourth-order valence-corrected chi connectivity index (χ4v) is 3.71. The van der Waals surface area contributed by atoms with Crippen molar-refractivity contribution < 1.29 is 19.1 Å². The Labute approximate surface area is 202 Å². The quantitative estimate of drug-likeness (QED) is 0.465. The molecule has 1 aliphatic rings. The van der Waals surface area contributed by atoms with Crippen molar-refractivity contribution >= 4 is 46.4 Å². The van der Waals surface area contributed by atoms with Gasteiger partial charge >= 0.3 is 0 Å². The van der Waals surface area contributed by atoms with E-state index in [-0.39, 0.29) is 16.6 Å². The van der Waals surface area contributed by atoms with Gasteiger partial charge in [0, 0.05) is 16.9 Å². The lowest BCUT2D eigenvalue weighted by Crippen LogP contribution is -2.32.